The number of hydrogen-bond acceptors (Lipinski definition) is 3. The predicted octanol–water partition coefficient (Wildman–Crippen LogP) is 4.24. The van der Waals surface area contributed by atoms with Crippen molar-refractivity contribution in [3.63, 3.8) is 0 Å². The van der Waals surface area contributed by atoms with Crippen molar-refractivity contribution in [2.24, 2.45) is 5.73 Å². The lowest BCUT2D eigenvalue weighted by molar-refractivity contribution is -0.153. The lowest BCUT2D eigenvalue weighted by atomic mass is 10.1. The van der Waals surface area contributed by atoms with E-state index >= 15 is 0 Å². The number of anilines is 1. The summed E-state index contributed by atoms with van der Waals surface area (Å²) in [5.41, 5.74) is 5.81. The van der Waals surface area contributed by atoms with Gasteiger partial charge in [0.25, 0.3) is 5.91 Å². The molecule has 0 saturated heterocycles. The van der Waals surface area contributed by atoms with Crippen LogP contribution < -0.4 is 15.8 Å². The first-order chi connectivity index (χ1) is 11.7. The Morgan fingerprint density at radius 1 is 1.20 bits per heavy atom. The van der Waals surface area contributed by atoms with Gasteiger partial charge in [0.15, 0.2) is 6.61 Å². The van der Waals surface area contributed by atoms with E-state index in [1.807, 2.05) is 0 Å². The molecule has 0 aromatic heterocycles. The molecule has 2 aromatic rings. The maximum absolute atomic E-state index is 13.8. The number of rotatable bonds is 6. The number of hydrogen-bond donors (Lipinski definition) is 2. The summed E-state index contributed by atoms with van der Waals surface area (Å²) in [4.78, 5) is 11.4. The summed E-state index contributed by atoms with van der Waals surface area (Å²) in [6.45, 7) is -1.17. The second-order valence-electron chi connectivity index (χ2n) is 5.08. The van der Waals surface area contributed by atoms with E-state index in [4.69, 9.17) is 5.73 Å². The van der Waals surface area contributed by atoms with Gasteiger partial charge in [0.1, 0.15) is 11.6 Å². The first-order valence-corrected chi connectivity index (χ1v) is 7.76. The first-order valence-electron chi connectivity index (χ1n) is 6.97. The van der Waals surface area contributed by atoms with Gasteiger partial charge in [-0.25, -0.2) is 4.39 Å². The summed E-state index contributed by atoms with van der Waals surface area (Å²) in [7, 11) is 0. The molecule has 0 saturated carbocycles. The largest absolute Gasteiger partial charge is 0.484 e. The van der Waals surface area contributed by atoms with Gasteiger partial charge in [0.05, 0.1) is 11.3 Å². The molecule has 0 spiro atoms. The molecular weight excluding hydrogens is 408 g/mol. The van der Waals surface area contributed by atoms with Gasteiger partial charge < -0.3 is 15.8 Å². The SMILES string of the molecule is NC(=O)c1c(F)cc(Br)cc1NCc1ccc(OCC(F)(F)F)cc1. The predicted molar refractivity (Wildman–Crippen MR) is 87.9 cm³/mol. The minimum absolute atomic E-state index is 0.0763. The van der Waals surface area contributed by atoms with E-state index in [1.54, 1.807) is 12.1 Å². The van der Waals surface area contributed by atoms with E-state index in [0.717, 1.165) is 6.07 Å². The highest BCUT2D eigenvalue weighted by Crippen LogP contribution is 2.25. The van der Waals surface area contributed by atoms with Crippen LogP contribution in [0.3, 0.4) is 0 Å². The van der Waals surface area contributed by atoms with E-state index in [1.165, 1.54) is 18.2 Å². The van der Waals surface area contributed by atoms with Crippen LogP contribution in [0, 0.1) is 5.82 Å². The summed E-state index contributed by atoms with van der Waals surface area (Å²) in [6, 6.07) is 8.51. The zero-order valence-electron chi connectivity index (χ0n) is 12.7. The molecule has 0 aliphatic carbocycles. The Kier molecular flexibility index (Phi) is 5.89. The van der Waals surface area contributed by atoms with E-state index in [0.29, 0.717) is 10.0 Å². The van der Waals surface area contributed by atoms with Crippen LogP contribution in [-0.4, -0.2) is 18.7 Å². The molecule has 0 aliphatic rings. The summed E-state index contributed by atoms with van der Waals surface area (Å²) >= 11 is 3.12. The molecule has 0 heterocycles. The molecule has 4 nitrogen and oxygen atoms in total. The zero-order valence-corrected chi connectivity index (χ0v) is 14.2. The van der Waals surface area contributed by atoms with Crippen LogP contribution in [0.2, 0.25) is 0 Å². The number of benzene rings is 2. The highest BCUT2D eigenvalue weighted by Gasteiger charge is 2.28. The normalized spacial score (nSPS) is 11.2. The molecule has 134 valence electrons. The maximum atomic E-state index is 13.8. The van der Waals surface area contributed by atoms with Crippen LogP contribution in [0.25, 0.3) is 0 Å². The number of nitrogens with two attached hydrogens (primary N) is 1. The Morgan fingerprint density at radius 2 is 1.84 bits per heavy atom. The quantitative estimate of drug-likeness (QED) is 0.686. The molecule has 9 heteroatoms. The van der Waals surface area contributed by atoms with Crippen molar-refractivity contribution in [2.45, 2.75) is 12.7 Å². The number of carbonyl (C=O) groups excluding carboxylic acids is 1. The molecule has 2 rings (SSSR count). The Bertz CT molecular complexity index is 764. The average molecular weight is 421 g/mol. The second-order valence-corrected chi connectivity index (χ2v) is 5.99. The van der Waals surface area contributed by atoms with Crippen LogP contribution in [0.15, 0.2) is 40.9 Å². The van der Waals surface area contributed by atoms with Crippen LogP contribution >= 0.6 is 15.9 Å². The lowest BCUT2D eigenvalue weighted by Gasteiger charge is -2.13. The standard InChI is InChI=1S/C16H13BrF4N2O2/c17-10-5-12(18)14(15(22)24)13(6-10)23-7-9-1-3-11(4-2-9)25-8-16(19,20)21/h1-6,23H,7-8H2,(H2,22,24). The Morgan fingerprint density at radius 3 is 2.40 bits per heavy atom. The van der Waals surface area contributed by atoms with Gasteiger partial charge in [-0.1, -0.05) is 28.1 Å². The molecule has 0 aliphatic heterocycles. The van der Waals surface area contributed by atoms with Gasteiger partial charge >= 0.3 is 6.18 Å². The van der Waals surface area contributed by atoms with Crippen molar-refractivity contribution in [1.29, 1.82) is 0 Å². The monoisotopic (exact) mass is 420 g/mol. The molecule has 0 radical (unpaired) electrons. The minimum atomic E-state index is -4.41. The number of nitrogens with one attached hydrogen (secondary N) is 1. The topological polar surface area (TPSA) is 64.4 Å². The van der Waals surface area contributed by atoms with Gasteiger partial charge in [0.2, 0.25) is 0 Å². The van der Waals surface area contributed by atoms with Crippen LogP contribution in [0.4, 0.5) is 23.2 Å². The highest BCUT2D eigenvalue weighted by atomic mass is 79.9. The fourth-order valence-electron chi connectivity index (χ4n) is 2.03. The molecule has 25 heavy (non-hydrogen) atoms. The third-order valence-electron chi connectivity index (χ3n) is 3.11. The van der Waals surface area contributed by atoms with Crippen LogP contribution in [0.5, 0.6) is 5.75 Å². The number of amides is 1. The molecular formula is C16H13BrF4N2O2. The van der Waals surface area contributed by atoms with Crippen molar-refractivity contribution in [1.82, 2.24) is 0 Å². The van der Waals surface area contributed by atoms with Gasteiger partial charge in [0, 0.05) is 11.0 Å². The molecule has 0 atom stereocenters. The summed E-state index contributed by atoms with van der Waals surface area (Å²) in [6.07, 6.45) is -4.41. The van der Waals surface area contributed by atoms with Crippen molar-refractivity contribution >= 4 is 27.5 Å². The van der Waals surface area contributed by atoms with Gasteiger partial charge in [-0.15, -0.1) is 0 Å². The summed E-state index contributed by atoms with van der Waals surface area (Å²) in [5.74, 6) is -1.60. The molecule has 0 bridgehead atoms. The average Bonchev–Trinajstić information content (AvgIpc) is 2.50. The third kappa shape index (κ3) is 5.63. The van der Waals surface area contributed by atoms with Crippen molar-refractivity contribution in [2.75, 3.05) is 11.9 Å². The van der Waals surface area contributed by atoms with Crippen molar-refractivity contribution < 1.29 is 27.1 Å². The van der Waals surface area contributed by atoms with Crippen molar-refractivity contribution in [3.8, 4) is 5.75 Å². The first kappa shape index (κ1) is 19.0. The Hall–Kier alpha value is -2.29. The smallest absolute Gasteiger partial charge is 0.422 e. The highest BCUT2D eigenvalue weighted by molar-refractivity contribution is 9.10. The number of carbonyl (C=O) groups is 1. The number of ether oxygens (including phenoxy) is 1. The van der Waals surface area contributed by atoms with Crippen LogP contribution in [0.1, 0.15) is 15.9 Å². The zero-order chi connectivity index (χ0) is 18.6. The van der Waals surface area contributed by atoms with Crippen molar-refractivity contribution in [3.05, 3.63) is 57.8 Å². The second kappa shape index (κ2) is 7.73. The fourth-order valence-corrected chi connectivity index (χ4v) is 2.46. The molecule has 1 amide bonds. The number of alkyl halides is 3. The van der Waals surface area contributed by atoms with E-state index in [-0.39, 0.29) is 23.5 Å². The third-order valence-corrected chi connectivity index (χ3v) is 3.57. The van der Waals surface area contributed by atoms with Gasteiger partial charge in [-0.3, -0.25) is 4.79 Å². The fraction of sp³-hybridized carbons (Fsp3) is 0.188. The number of primary amides is 1. The van der Waals surface area contributed by atoms with Gasteiger partial charge in [-0.2, -0.15) is 13.2 Å². The Balaban J connectivity index is 2.06. The summed E-state index contributed by atoms with van der Waals surface area (Å²) < 4.78 is 55.1. The minimum Gasteiger partial charge on any atom is -0.484 e. The number of halogens is 5. The van der Waals surface area contributed by atoms with Gasteiger partial charge in [-0.05, 0) is 29.8 Å². The lowest BCUT2D eigenvalue weighted by Crippen LogP contribution is -2.19. The van der Waals surface area contributed by atoms with E-state index in [9.17, 15) is 22.4 Å². The van der Waals surface area contributed by atoms with Crippen LogP contribution in [-0.2, 0) is 6.54 Å². The molecule has 3 N–H and O–H groups in total. The molecule has 0 unspecified atom stereocenters. The van der Waals surface area contributed by atoms with E-state index in [2.05, 4.69) is 26.0 Å². The summed E-state index contributed by atoms with van der Waals surface area (Å²) in [5, 5.41) is 2.88. The maximum Gasteiger partial charge on any atom is 0.422 e. The van der Waals surface area contributed by atoms with E-state index < -0.39 is 24.5 Å². The molecule has 2 aromatic carbocycles. The Labute approximate surface area is 149 Å². The molecule has 0 fully saturated rings.